The van der Waals surface area contributed by atoms with E-state index in [1.807, 2.05) is 48.5 Å². The van der Waals surface area contributed by atoms with Gasteiger partial charge in [-0.15, -0.1) is 0 Å². The van der Waals surface area contributed by atoms with Gasteiger partial charge in [0.2, 0.25) is 0 Å². The van der Waals surface area contributed by atoms with Crippen molar-refractivity contribution in [2.45, 2.75) is 6.42 Å². The summed E-state index contributed by atoms with van der Waals surface area (Å²) >= 11 is 0. The number of rotatable bonds is 11. The van der Waals surface area contributed by atoms with Crippen LogP contribution in [-0.2, 0) is 9.47 Å². The monoisotopic (exact) mass is 484 g/mol. The van der Waals surface area contributed by atoms with Gasteiger partial charge in [-0.1, -0.05) is 12.1 Å². The first-order chi connectivity index (χ1) is 17.2. The number of hydrogen-bond acceptors (Lipinski definition) is 7. The van der Waals surface area contributed by atoms with Gasteiger partial charge in [-0.2, -0.15) is 0 Å². The van der Waals surface area contributed by atoms with Crippen molar-refractivity contribution < 1.29 is 23.7 Å². The lowest BCUT2D eigenvalue weighted by atomic mass is 10.3. The highest BCUT2D eigenvalue weighted by Gasteiger charge is 2.11. The second kappa shape index (κ2) is 13.9. The molecule has 2 heterocycles. The number of urea groups is 1. The van der Waals surface area contributed by atoms with E-state index < -0.39 is 0 Å². The molecular formula is C26H36N4O5. The molecule has 2 aromatic rings. The van der Waals surface area contributed by atoms with E-state index in [1.165, 1.54) is 0 Å². The second-order valence-electron chi connectivity index (χ2n) is 8.59. The lowest BCUT2D eigenvalue weighted by Gasteiger charge is -2.26. The SMILES string of the molecule is O=C(Nc1cccc(OCCCN2CCOCC2)c1)Nc1cccc(OCCN2CCOCC2)c1. The average Bonchev–Trinajstić information content (AvgIpc) is 2.88. The van der Waals surface area contributed by atoms with Gasteiger partial charge in [0.05, 0.1) is 33.0 Å². The van der Waals surface area contributed by atoms with Crippen LogP contribution < -0.4 is 20.1 Å². The van der Waals surface area contributed by atoms with E-state index in [0.29, 0.717) is 24.6 Å². The fraction of sp³-hybridized carbons (Fsp3) is 0.500. The third-order valence-electron chi connectivity index (χ3n) is 5.95. The van der Waals surface area contributed by atoms with Crippen LogP contribution in [0.1, 0.15) is 6.42 Å². The highest BCUT2D eigenvalue weighted by Crippen LogP contribution is 2.20. The molecule has 9 heteroatoms. The van der Waals surface area contributed by atoms with Crippen molar-refractivity contribution in [3.05, 3.63) is 48.5 Å². The quantitative estimate of drug-likeness (QED) is 0.474. The van der Waals surface area contributed by atoms with E-state index in [1.54, 1.807) is 0 Å². The molecule has 0 atom stereocenters. The predicted molar refractivity (Wildman–Crippen MR) is 136 cm³/mol. The molecule has 9 nitrogen and oxygen atoms in total. The number of nitrogens with one attached hydrogen (secondary N) is 2. The first-order valence-corrected chi connectivity index (χ1v) is 12.4. The highest BCUT2D eigenvalue weighted by atomic mass is 16.5. The van der Waals surface area contributed by atoms with E-state index in [9.17, 15) is 4.79 Å². The van der Waals surface area contributed by atoms with Crippen molar-refractivity contribution in [3.8, 4) is 11.5 Å². The molecule has 2 aromatic carbocycles. The standard InChI is InChI=1S/C26H36N4O5/c31-26(28-23-5-2-7-25(21-23)35-19-13-30-11-17-33-18-12-30)27-22-4-1-6-24(20-22)34-14-3-8-29-9-15-32-16-10-29/h1-2,4-7,20-21H,3,8-19H2,(H2,27,28,31). The molecule has 2 amide bonds. The van der Waals surface area contributed by atoms with Gasteiger partial charge in [0.25, 0.3) is 0 Å². The third-order valence-corrected chi connectivity index (χ3v) is 5.95. The van der Waals surface area contributed by atoms with Crippen molar-refractivity contribution in [2.24, 2.45) is 0 Å². The Bertz CT molecular complexity index is 916. The number of carbonyl (C=O) groups is 1. The summed E-state index contributed by atoms with van der Waals surface area (Å²) in [4.78, 5) is 17.2. The van der Waals surface area contributed by atoms with E-state index in [0.717, 1.165) is 83.6 Å². The molecule has 4 rings (SSSR count). The largest absolute Gasteiger partial charge is 0.493 e. The van der Waals surface area contributed by atoms with Crippen LogP contribution >= 0.6 is 0 Å². The molecule has 0 bridgehead atoms. The van der Waals surface area contributed by atoms with Gasteiger partial charge < -0.3 is 29.6 Å². The number of ether oxygens (including phenoxy) is 4. The van der Waals surface area contributed by atoms with Gasteiger partial charge in [-0.3, -0.25) is 9.80 Å². The zero-order valence-corrected chi connectivity index (χ0v) is 20.2. The van der Waals surface area contributed by atoms with Gasteiger partial charge in [0, 0.05) is 62.8 Å². The Labute approximate surface area is 207 Å². The van der Waals surface area contributed by atoms with Crippen molar-refractivity contribution in [1.29, 1.82) is 0 Å². The Balaban J connectivity index is 1.17. The first-order valence-electron chi connectivity index (χ1n) is 12.4. The van der Waals surface area contributed by atoms with Crippen LogP contribution in [0.5, 0.6) is 11.5 Å². The van der Waals surface area contributed by atoms with Crippen LogP contribution in [0.2, 0.25) is 0 Å². The molecule has 2 fully saturated rings. The molecule has 0 aromatic heterocycles. The molecule has 2 aliphatic rings. The third kappa shape index (κ3) is 9.03. The molecule has 0 aliphatic carbocycles. The minimum Gasteiger partial charge on any atom is -0.493 e. The van der Waals surface area contributed by atoms with E-state index in [2.05, 4.69) is 20.4 Å². The molecule has 0 spiro atoms. The predicted octanol–water partition coefficient (Wildman–Crippen LogP) is 3.14. The van der Waals surface area contributed by atoms with Crippen LogP contribution in [0.25, 0.3) is 0 Å². The Hall–Kier alpha value is -2.85. The zero-order chi connectivity index (χ0) is 24.1. The molecule has 2 saturated heterocycles. The van der Waals surface area contributed by atoms with Crippen molar-refractivity contribution in [1.82, 2.24) is 9.80 Å². The Morgan fingerprint density at radius 3 is 1.83 bits per heavy atom. The van der Waals surface area contributed by atoms with E-state index in [4.69, 9.17) is 18.9 Å². The smallest absolute Gasteiger partial charge is 0.323 e. The number of morpholine rings is 2. The lowest BCUT2D eigenvalue weighted by molar-refractivity contribution is 0.0322. The minimum absolute atomic E-state index is 0.320. The van der Waals surface area contributed by atoms with Crippen LogP contribution in [-0.4, -0.2) is 94.7 Å². The van der Waals surface area contributed by atoms with E-state index >= 15 is 0 Å². The maximum absolute atomic E-state index is 12.5. The summed E-state index contributed by atoms with van der Waals surface area (Å²) in [5.41, 5.74) is 1.34. The van der Waals surface area contributed by atoms with Crippen LogP contribution in [0, 0.1) is 0 Å². The van der Waals surface area contributed by atoms with Gasteiger partial charge in [-0.05, 0) is 30.7 Å². The maximum Gasteiger partial charge on any atom is 0.323 e. The minimum atomic E-state index is -0.320. The summed E-state index contributed by atoms with van der Waals surface area (Å²) < 4.78 is 22.5. The van der Waals surface area contributed by atoms with Gasteiger partial charge in [0.1, 0.15) is 18.1 Å². The van der Waals surface area contributed by atoms with Crippen molar-refractivity contribution in [3.63, 3.8) is 0 Å². The Morgan fingerprint density at radius 1 is 0.743 bits per heavy atom. The fourth-order valence-electron chi connectivity index (χ4n) is 4.04. The highest BCUT2D eigenvalue weighted by molar-refractivity contribution is 5.99. The number of benzene rings is 2. The molecule has 0 unspecified atom stereocenters. The van der Waals surface area contributed by atoms with Crippen molar-refractivity contribution in [2.75, 3.05) is 89.5 Å². The number of anilines is 2. The Kier molecular flexibility index (Phi) is 10.0. The van der Waals surface area contributed by atoms with Gasteiger partial charge in [-0.25, -0.2) is 4.79 Å². The molecular weight excluding hydrogens is 448 g/mol. The molecule has 190 valence electrons. The van der Waals surface area contributed by atoms with Gasteiger partial charge >= 0.3 is 6.03 Å². The fourth-order valence-corrected chi connectivity index (χ4v) is 4.04. The number of amides is 2. The summed E-state index contributed by atoms with van der Waals surface area (Å²) in [5, 5.41) is 5.73. The second-order valence-corrected chi connectivity index (χ2v) is 8.59. The lowest BCUT2D eigenvalue weighted by Crippen LogP contribution is -2.38. The van der Waals surface area contributed by atoms with E-state index in [-0.39, 0.29) is 6.03 Å². The summed E-state index contributed by atoms with van der Waals surface area (Å²) in [5.74, 6) is 1.46. The summed E-state index contributed by atoms with van der Waals surface area (Å²) in [7, 11) is 0. The van der Waals surface area contributed by atoms with Crippen LogP contribution in [0.15, 0.2) is 48.5 Å². The number of hydrogen-bond donors (Lipinski definition) is 2. The number of carbonyl (C=O) groups excluding carboxylic acids is 1. The topological polar surface area (TPSA) is 84.5 Å². The Morgan fingerprint density at radius 2 is 1.26 bits per heavy atom. The first kappa shape index (κ1) is 25.2. The van der Waals surface area contributed by atoms with Gasteiger partial charge in [0.15, 0.2) is 0 Å². The zero-order valence-electron chi connectivity index (χ0n) is 20.2. The summed E-state index contributed by atoms with van der Waals surface area (Å²) in [6, 6.07) is 14.5. The molecule has 0 saturated carbocycles. The number of nitrogens with zero attached hydrogens (tertiary/aromatic N) is 2. The normalized spacial score (nSPS) is 17.0. The van der Waals surface area contributed by atoms with Crippen LogP contribution in [0.4, 0.5) is 16.2 Å². The molecule has 2 N–H and O–H groups in total. The average molecular weight is 485 g/mol. The van der Waals surface area contributed by atoms with Crippen LogP contribution in [0.3, 0.4) is 0 Å². The summed E-state index contributed by atoms with van der Waals surface area (Å²) in [6.07, 6.45) is 0.947. The maximum atomic E-state index is 12.5. The molecule has 2 aliphatic heterocycles. The molecule has 35 heavy (non-hydrogen) atoms. The van der Waals surface area contributed by atoms with Crippen molar-refractivity contribution >= 4 is 17.4 Å². The molecule has 0 radical (unpaired) electrons. The summed E-state index contributed by atoms with van der Waals surface area (Å²) in [6.45, 7) is 10.1.